The van der Waals surface area contributed by atoms with Gasteiger partial charge in [-0.2, -0.15) is 13.2 Å². The van der Waals surface area contributed by atoms with Gasteiger partial charge in [0.2, 0.25) is 0 Å². The van der Waals surface area contributed by atoms with Crippen molar-refractivity contribution in [1.29, 1.82) is 0 Å². The van der Waals surface area contributed by atoms with E-state index in [0.29, 0.717) is 0 Å². The number of esters is 1. The molecule has 0 amide bonds. The molecule has 2 N–H and O–H groups in total. The van der Waals surface area contributed by atoms with Crippen LogP contribution in [0.3, 0.4) is 0 Å². The van der Waals surface area contributed by atoms with Crippen LogP contribution in [0.2, 0.25) is 0 Å². The molecule has 1 aromatic rings. The van der Waals surface area contributed by atoms with Crippen molar-refractivity contribution in [3.63, 3.8) is 0 Å². The lowest BCUT2D eigenvalue weighted by Crippen LogP contribution is -2.20. The minimum atomic E-state index is -4.98. The van der Waals surface area contributed by atoms with Crippen LogP contribution in [0, 0.1) is 0 Å². The van der Waals surface area contributed by atoms with Gasteiger partial charge in [0.25, 0.3) is 6.43 Å². The number of halogens is 5. The van der Waals surface area contributed by atoms with E-state index in [9.17, 15) is 26.7 Å². The summed E-state index contributed by atoms with van der Waals surface area (Å²) in [6.45, 7) is 0.952. The second-order valence-corrected chi connectivity index (χ2v) is 4.01. The highest BCUT2D eigenvalue weighted by Gasteiger charge is 2.38. The van der Waals surface area contributed by atoms with E-state index in [1.807, 2.05) is 0 Å². The lowest BCUT2D eigenvalue weighted by molar-refractivity contribution is -0.144. The molecule has 1 aromatic heterocycles. The summed E-state index contributed by atoms with van der Waals surface area (Å²) in [5, 5.41) is 0. The Labute approximate surface area is 117 Å². The standard InChI is InChI=1S/C12H13F5N2O2/c1-2-21-9(20)4-7-8(11(13)14)3-6(5-18)19-10(7)12(15,16)17/h3,11H,2,4-5,18H2,1H3. The Hall–Kier alpha value is -1.77. The van der Waals surface area contributed by atoms with Gasteiger partial charge < -0.3 is 10.5 Å². The lowest BCUT2D eigenvalue weighted by Gasteiger charge is -2.17. The van der Waals surface area contributed by atoms with Crippen molar-refractivity contribution in [2.75, 3.05) is 6.61 Å². The highest BCUT2D eigenvalue weighted by Crippen LogP contribution is 2.35. The molecule has 0 aliphatic heterocycles. The van der Waals surface area contributed by atoms with E-state index in [4.69, 9.17) is 5.73 Å². The number of nitrogens with zero attached hydrogens (tertiary/aromatic N) is 1. The molecule has 0 saturated carbocycles. The summed E-state index contributed by atoms with van der Waals surface area (Å²) in [4.78, 5) is 14.6. The van der Waals surface area contributed by atoms with E-state index >= 15 is 0 Å². The summed E-state index contributed by atoms with van der Waals surface area (Å²) in [6, 6.07) is 0.772. The van der Waals surface area contributed by atoms with Crippen molar-refractivity contribution in [3.05, 3.63) is 28.6 Å². The first-order valence-corrected chi connectivity index (χ1v) is 5.94. The third-order valence-electron chi connectivity index (χ3n) is 2.55. The quantitative estimate of drug-likeness (QED) is 0.670. The molecule has 1 rings (SSSR count). The largest absolute Gasteiger partial charge is 0.466 e. The maximum absolute atomic E-state index is 13.0. The van der Waals surface area contributed by atoms with Gasteiger partial charge in [0.05, 0.1) is 18.7 Å². The van der Waals surface area contributed by atoms with Gasteiger partial charge >= 0.3 is 12.1 Å². The van der Waals surface area contributed by atoms with Crippen LogP contribution in [0.15, 0.2) is 6.07 Å². The average molecular weight is 312 g/mol. The fraction of sp³-hybridized carbons (Fsp3) is 0.500. The van der Waals surface area contributed by atoms with Crippen LogP contribution in [-0.2, 0) is 28.7 Å². The number of carbonyl (C=O) groups is 1. The topological polar surface area (TPSA) is 65.2 Å². The van der Waals surface area contributed by atoms with E-state index in [0.717, 1.165) is 6.07 Å². The maximum Gasteiger partial charge on any atom is 0.433 e. The van der Waals surface area contributed by atoms with Gasteiger partial charge in [0, 0.05) is 17.7 Å². The number of nitrogens with two attached hydrogens (primary N) is 1. The Morgan fingerprint density at radius 3 is 2.48 bits per heavy atom. The monoisotopic (exact) mass is 312 g/mol. The molecule has 0 unspecified atom stereocenters. The molecule has 0 bridgehead atoms. The minimum Gasteiger partial charge on any atom is -0.466 e. The molecule has 118 valence electrons. The minimum absolute atomic E-state index is 0.0709. The summed E-state index contributed by atoms with van der Waals surface area (Å²) >= 11 is 0. The first kappa shape index (κ1) is 17.3. The van der Waals surface area contributed by atoms with E-state index < -0.39 is 48.4 Å². The fourth-order valence-corrected chi connectivity index (χ4v) is 1.72. The van der Waals surface area contributed by atoms with Crippen molar-refractivity contribution in [1.82, 2.24) is 4.98 Å². The molecule has 0 radical (unpaired) electrons. The van der Waals surface area contributed by atoms with Crippen LogP contribution in [0.1, 0.15) is 35.9 Å². The lowest BCUT2D eigenvalue weighted by atomic mass is 10.0. The number of hydrogen-bond donors (Lipinski definition) is 1. The molecule has 0 saturated heterocycles. The first-order chi connectivity index (χ1) is 9.70. The van der Waals surface area contributed by atoms with Gasteiger partial charge in [0.1, 0.15) is 5.69 Å². The first-order valence-electron chi connectivity index (χ1n) is 5.94. The van der Waals surface area contributed by atoms with Crippen LogP contribution in [0.4, 0.5) is 22.0 Å². The van der Waals surface area contributed by atoms with Crippen molar-refractivity contribution < 1.29 is 31.5 Å². The Morgan fingerprint density at radius 2 is 2.05 bits per heavy atom. The summed E-state index contributed by atoms with van der Waals surface area (Å²) in [6.07, 6.45) is -9.10. The van der Waals surface area contributed by atoms with Gasteiger partial charge in [-0.15, -0.1) is 0 Å². The van der Waals surface area contributed by atoms with Gasteiger partial charge in [0.15, 0.2) is 0 Å². The second kappa shape index (κ2) is 6.79. The van der Waals surface area contributed by atoms with Crippen LogP contribution in [-0.4, -0.2) is 17.6 Å². The number of carbonyl (C=O) groups excluding carboxylic acids is 1. The molecule has 0 spiro atoms. The van der Waals surface area contributed by atoms with Crippen LogP contribution in [0.25, 0.3) is 0 Å². The SMILES string of the molecule is CCOC(=O)Cc1c(C(F)F)cc(CN)nc1C(F)(F)F. The molecule has 9 heteroatoms. The zero-order chi connectivity index (χ0) is 16.2. The summed E-state index contributed by atoms with van der Waals surface area (Å²) in [5.41, 5.74) is 1.51. The average Bonchev–Trinajstić information content (AvgIpc) is 2.37. The zero-order valence-corrected chi connectivity index (χ0v) is 11.0. The van der Waals surface area contributed by atoms with Crippen molar-refractivity contribution in [2.24, 2.45) is 5.73 Å². The van der Waals surface area contributed by atoms with Crippen molar-refractivity contribution in [3.8, 4) is 0 Å². The van der Waals surface area contributed by atoms with Crippen LogP contribution in [0.5, 0.6) is 0 Å². The van der Waals surface area contributed by atoms with Gasteiger partial charge in [-0.05, 0) is 13.0 Å². The van der Waals surface area contributed by atoms with Crippen molar-refractivity contribution >= 4 is 5.97 Å². The second-order valence-electron chi connectivity index (χ2n) is 4.01. The number of rotatable bonds is 5. The fourth-order valence-electron chi connectivity index (χ4n) is 1.72. The molecule has 0 fully saturated rings. The molecule has 0 aliphatic rings. The molecule has 0 aromatic carbocycles. The number of pyridine rings is 1. The molecule has 4 nitrogen and oxygen atoms in total. The summed E-state index contributed by atoms with van der Waals surface area (Å²) in [7, 11) is 0. The third-order valence-corrected chi connectivity index (χ3v) is 2.55. The summed E-state index contributed by atoms with van der Waals surface area (Å²) in [5.74, 6) is -1.04. The maximum atomic E-state index is 13.0. The van der Waals surface area contributed by atoms with Gasteiger partial charge in [-0.25, -0.2) is 13.8 Å². The predicted octanol–water partition coefficient (Wildman–Crippen LogP) is 2.60. The molecule has 0 atom stereocenters. The van der Waals surface area contributed by atoms with E-state index in [1.54, 1.807) is 0 Å². The van der Waals surface area contributed by atoms with E-state index in [-0.39, 0.29) is 12.3 Å². The highest BCUT2D eigenvalue weighted by molar-refractivity contribution is 5.73. The summed E-state index contributed by atoms with van der Waals surface area (Å²) < 4.78 is 69.3. The molecular formula is C12H13F5N2O2. The molecule has 0 aliphatic carbocycles. The van der Waals surface area contributed by atoms with Crippen LogP contribution >= 0.6 is 0 Å². The van der Waals surface area contributed by atoms with Gasteiger partial charge in [-0.1, -0.05) is 0 Å². The highest BCUT2D eigenvalue weighted by atomic mass is 19.4. The normalized spacial score (nSPS) is 11.8. The van der Waals surface area contributed by atoms with Crippen LogP contribution < -0.4 is 5.73 Å². The smallest absolute Gasteiger partial charge is 0.433 e. The predicted molar refractivity (Wildman–Crippen MR) is 62.4 cm³/mol. The van der Waals surface area contributed by atoms with E-state index in [2.05, 4.69) is 9.72 Å². The van der Waals surface area contributed by atoms with Gasteiger partial charge in [-0.3, -0.25) is 4.79 Å². The van der Waals surface area contributed by atoms with E-state index in [1.165, 1.54) is 6.92 Å². The number of aromatic nitrogens is 1. The number of alkyl halides is 5. The third kappa shape index (κ3) is 4.35. The molecular weight excluding hydrogens is 299 g/mol. The Kier molecular flexibility index (Phi) is 5.59. The number of hydrogen-bond acceptors (Lipinski definition) is 4. The Bertz CT molecular complexity index is 517. The number of ether oxygens (including phenoxy) is 1. The molecule has 21 heavy (non-hydrogen) atoms. The Balaban J connectivity index is 3.44. The molecule has 1 heterocycles. The van der Waals surface area contributed by atoms with Crippen molar-refractivity contribution in [2.45, 2.75) is 32.5 Å². The zero-order valence-electron chi connectivity index (χ0n) is 11.0. The Morgan fingerprint density at radius 1 is 1.43 bits per heavy atom.